The Morgan fingerprint density at radius 2 is 2.33 bits per heavy atom. The number of carbonyl (C=O) groups is 1. The molecule has 1 aromatic rings. The van der Waals surface area contributed by atoms with Gasteiger partial charge in [0.15, 0.2) is 0 Å². The summed E-state index contributed by atoms with van der Waals surface area (Å²) in [5, 5.41) is 3.24. The lowest BCUT2D eigenvalue weighted by molar-refractivity contribution is -0.128. The molecular weight excluding hydrogens is 232 g/mol. The molecule has 102 valence electrons. The van der Waals surface area contributed by atoms with Crippen molar-refractivity contribution in [2.24, 2.45) is 0 Å². The first kappa shape index (κ1) is 14.7. The minimum absolute atomic E-state index is 0.127. The van der Waals surface area contributed by atoms with Crippen LogP contribution in [0.25, 0.3) is 0 Å². The highest BCUT2D eigenvalue weighted by Crippen LogP contribution is 2.00. The van der Waals surface area contributed by atoms with E-state index in [-0.39, 0.29) is 5.91 Å². The van der Waals surface area contributed by atoms with Crippen LogP contribution >= 0.6 is 0 Å². The summed E-state index contributed by atoms with van der Waals surface area (Å²) in [6.07, 6.45) is 4.15. The molecule has 0 atom stereocenters. The molecule has 0 bridgehead atoms. The second-order valence-electron chi connectivity index (χ2n) is 4.24. The van der Waals surface area contributed by atoms with Gasteiger partial charge in [0.1, 0.15) is 5.82 Å². The largest absolute Gasteiger partial charge is 0.383 e. The highest BCUT2D eigenvalue weighted by Gasteiger charge is 2.07. The number of aromatic nitrogens is 2. The number of carbonyl (C=O) groups excluding carboxylic acids is 1. The van der Waals surface area contributed by atoms with Gasteiger partial charge in [-0.3, -0.25) is 4.79 Å². The maximum Gasteiger partial charge on any atom is 0.223 e. The van der Waals surface area contributed by atoms with Crippen LogP contribution in [-0.4, -0.2) is 54.7 Å². The molecule has 1 N–H and O–H groups in total. The van der Waals surface area contributed by atoms with Crippen molar-refractivity contribution in [2.45, 2.75) is 19.5 Å². The summed E-state index contributed by atoms with van der Waals surface area (Å²) in [7, 11) is 5.21. The van der Waals surface area contributed by atoms with Gasteiger partial charge >= 0.3 is 0 Å². The lowest BCUT2D eigenvalue weighted by Gasteiger charge is -2.12. The summed E-state index contributed by atoms with van der Waals surface area (Å²) in [4.78, 5) is 17.4. The maximum atomic E-state index is 11.5. The van der Waals surface area contributed by atoms with Crippen LogP contribution in [0.4, 0.5) is 0 Å². The van der Waals surface area contributed by atoms with E-state index in [2.05, 4.69) is 10.3 Å². The SMILES string of the molecule is COCCNCc1nccn1CCC(=O)N(C)C. The molecule has 0 aliphatic carbocycles. The van der Waals surface area contributed by atoms with Gasteiger partial charge in [-0.2, -0.15) is 0 Å². The van der Waals surface area contributed by atoms with Crippen molar-refractivity contribution >= 4 is 5.91 Å². The van der Waals surface area contributed by atoms with E-state index in [1.54, 1.807) is 32.3 Å². The van der Waals surface area contributed by atoms with E-state index >= 15 is 0 Å². The van der Waals surface area contributed by atoms with E-state index in [0.717, 1.165) is 12.4 Å². The summed E-state index contributed by atoms with van der Waals surface area (Å²) in [5.74, 6) is 1.07. The van der Waals surface area contributed by atoms with Gasteiger partial charge in [0, 0.05) is 53.1 Å². The first-order valence-corrected chi connectivity index (χ1v) is 6.05. The van der Waals surface area contributed by atoms with Gasteiger partial charge in [0.05, 0.1) is 13.2 Å². The number of hydrogen-bond acceptors (Lipinski definition) is 4. The monoisotopic (exact) mass is 254 g/mol. The second-order valence-corrected chi connectivity index (χ2v) is 4.24. The number of nitrogens with zero attached hydrogens (tertiary/aromatic N) is 3. The molecule has 0 aliphatic rings. The average molecular weight is 254 g/mol. The summed E-state index contributed by atoms with van der Waals surface area (Å²) < 4.78 is 6.96. The van der Waals surface area contributed by atoms with Crippen LogP contribution in [0.2, 0.25) is 0 Å². The second kappa shape index (κ2) is 7.84. The van der Waals surface area contributed by atoms with Crippen LogP contribution in [0.15, 0.2) is 12.4 Å². The predicted molar refractivity (Wildman–Crippen MR) is 69.1 cm³/mol. The summed E-state index contributed by atoms with van der Waals surface area (Å²) in [6.45, 7) is 2.82. The molecule has 0 radical (unpaired) electrons. The Morgan fingerprint density at radius 3 is 3.00 bits per heavy atom. The third-order valence-electron chi connectivity index (χ3n) is 2.63. The van der Waals surface area contributed by atoms with E-state index in [1.807, 2.05) is 10.8 Å². The van der Waals surface area contributed by atoms with Crippen LogP contribution in [0.1, 0.15) is 12.2 Å². The molecule has 0 aromatic carbocycles. The van der Waals surface area contributed by atoms with Gasteiger partial charge in [0.25, 0.3) is 0 Å². The highest BCUT2D eigenvalue weighted by molar-refractivity contribution is 5.75. The number of hydrogen-bond donors (Lipinski definition) is 1. The van der Waals surface area contributed by atoms with Gasteiger partial charge in [-0.05, 0) is 0 Å². The van der Waals surface area contributed by atoms with Crippen molar-refractivity contribution in [3.63, 3.8) is 0 Å². The zero-order chi connectivity index (χ0) is 13.4. The number of methoxy groups -OCH3 is 1. The van der Waals surface area contributed by atoms with Crippen molar-refractivity contribution in [3.05, 3.63) is 18.2 Å². The topological polar surface area (TPSA) is 59.4 Å². The fraction of sp³-hybridized carbons (Fsp3) is 0.667. The number of imidazole rings is 1. The van der Waals surface area contributed by atoms with Crippen molar-refractivity contribution in [1.29, 1.82) is 0 Å². The lowest BCUT2D eigenvalue weighted by Crippen LogP contribution is -2.24. The van der Waals surface area contributed by atoms with E-state index in [1.165, 1.54) is 0 Å². The molecule has 18 heavy (non-hydrogen) atoms. The summed E-state index contributed by atoms with van der Waals surface area (Å²) in [6, 6.07) is 0. The zero-order valence-electron chi connectivity index (χ0n) is 11.3. The Hall–Kier alpha value is -1.40. The van der Waals surface area contributed by atoms with Gasteiger partial charge in [-0.1, -0.05) is 0 Å². The van der Waals surface area contributed by atoms with E-state index in [4.69, 9.17) is 4.74 Å². The summed E-state index contributed by atoms with van der Waals surface area (Å²) >= 11 is 0. The number of ether oxygens (including phenoxy) is 1. The van der Waals surface area contributed by atoms with Crippen LogP contribution in [0, 0.1) is 0 Å². The van der Waals surface area contributed by atoms with Gasteiger partial charge < -0.3 is 19.5 Å². The van der Waals surface area contributed by atoms with E-state index in [9.17, 15) is 4.79 Å². The third-order valence-corrected chi connectivity index (χ3v) is 2.63. The molecule has 1 heterocycles. The van der Waals surface area contributed by atoms with Crippen LogP contribution in [0.3, 0.4) is 0 Å². The van der Waals surface area contributed by atoms with Crippen molar-refractivity contribution < 1.29 is 9.53 Å². The van der Waals surface area contributed by atoms with Crippen molar-refractivity contribution in [2.75, 3.05) is 34.4 Å². The number of rotatable bonds is 8. The molecule has 0 saturated heterocycles. The minimum atomic E-state index is 0.127. The molecule has 0 spiro atoms. The molecular formula is C12H22N4O2. The molecule has 0 saturated carbocycles. The molecule has 1 aromatic heterocycles. The molecule has 0 fully saturated rings. The quantitative estimate of drug-likeness (QED) is 0.668. The zero-order valence-corrected chi connectivity index (χ0v) is 11.3. The number of nitrogens with one attached hydrogen (secondary N) is 1. The Morgan fingerprint density at radius 1 is 1.56 bits per heavy atom. The van der Waals surface area contributed by atoms with Crippen LogP contribution in [0.5, 0.6) is 0 Å². The van der Waals surface area contributed by atoms with Crippen molar-refractivity contribution in [1.82, 2.24) is 19.8 Å². The van der Waals surface area contributed by atoms with Crippen molar-refractivity contribution in [3.8, 4) is 0 Å². The Balaban J connectivity index is 2.37. The Bertz CT molecular complexity index is 363. The first-order valence-electron chi connectivity index (χ1n) is 6.05. The van der Waals surface area contributed by atoms with Gasteiger partial charge in [-0.15, -0.1) is 0 Å². The molecule has 0 aliphatic heterocycles. The molecule has 1 amide bonds. The summed E-state index contributed by atoms with van der Waals surface area (Å²) in [5.41, 5.74) is 0. The fourth-order valence-corrected chi connectivity index (χ4v) is 1.52. The lowest BCUT2D eigenvalue weighted by atomic mass is 10.3. The first-order chi connectivity index (χ1) is 8.65. The molecule has 6 heteroatoms. The number of aryl methyl sites for hydroxylation is 1. The van der Waals surface area contributed by atoms with Gasteiger partial charge in [0.2, 0.25) is 5.91 Å². The molecule has 0 unspecified atom stereocenters. The Labute approximate surface area is 108 Å². The molecule has 6 nitrogen and oxygen atoms in total. The van der Waals surface area contributed by atoms with Crippen LogP contribution < -0.4 is 5.32 Å². The average Bonchev–Trinajstić information content (AvgIpc) is 2.79. The van der Waals surface area contributed by atoms with Gasteiger partial charge in [-0.25, -0.2) is 4.98 Å². The normalized spacial score (nSPS) is 10.6. The highest BCUT2D eigenvalue weighted by atomic mass is 16.5. The third kappa shape index (κ3) is 4.85. The maximum absolute atomic E-state index is 11.5. The fourth-order valence-electron chi connectivity index (χ4n) is 1.52. The Kier molecular flexibility index (Phi) is 6.38. The standard InChI is InChI=1S/C12H22N4O2/c1-15(2)12(17)4-7-16-8-5-14-11(16)10-13-6-9-18-3/h5,8,13H,4,6-7,9-10H2,1-3H3. The number of amides is 1. The molecule has 1 rings (SSSR count). The van der Waals surface area contributed by atoms with Crippen LogP contribution in [-0.2, 0) is 22.6 Å². The smallest absolute Gasteiger partial charge is 0.223 e. The minimum Gasteiger partial charge on any atom is -0.383 e. The van der Waals surface area contributed by atoms with E-state index < -0.39 is 0 Å². The van der Waals surface area contributed by atoms with E-state index in [0.29, 0.717) is 26.1 Å². The predicted octanol–water partition coefficient (Wildman–Crippen LogP) is 0.0974.